The van der Waals surface area contributed by atoms with Gasteiger partial charge in [-0.25, -0.2) is 4.79 Å². The maximum absolute atomic E-state index is 11.3. The van der Waals surface area contributed by atoms with Crippen LogP contribution in [0, 0.1) is 5.41 Å². The van der Waals surface area contributed by atoms with Crippen LogP contribution in [0.1, 0.15) is 60.8 Å². The molecule has 2 heteroatoms. The molecule has 0 aliphatic heterocycles. The van der Waals surface area contributed by atoms with Crippen molar-refractivity contribution < 1.29 is 9.53 Å². The van der Waals surface area contributed by atoms with E-state index in [2.05, 4.69) is 45.9 Å². The van der Waals surface area contributed by atoms with Crippen molar-refractivity contribution in [1.29, 1.82) is 0 Å². The Labute approximate surface area is 147 Å². The monoisotopic (exact) mass is 328 g/mol. The van der Waals surface area contributed by atoms with Gasteiger partial charge in [-0.1, -0.05) is 60.9 Å². The molecule has 2 nitrogen and oxygen atoms in total. The van der Waals surface area contributed by atoms with E-state index in [4.69, 9.17) is 4.74 Å². The number of carbonyl (C=O) groups is 1. The third-order valence-electron chi connectivity index (χ3n) is 4.43. The molecule has 0 aromatic rings. The minimum Gasteiger partial charge on any atom is -0.463 e. The van der Waals surface area contributed by atoms with E-state index in [-0.39, 0.29) is 11.4 Å². The second kappa shape index (κ2) is 9.46. The maximum atomic E-state index is 11.3. The minimum absolute atomic E-state index is 0.271. The molecule has 0 bridgehead atoms. The van der Waals surface area contributed by atoms with Crippen molar-refractivity contribution in [3.8, 4) is 0 Å². The van der Waals surface area contributed by atoms with E-state index in [0.29, 0.717) is 6.61 Å². The summed E-state index contributed by atoms with van der Waals surface area (Å²) in [4.78, 5) is 11.3. The molecule has 0 fully saturated rings. The number of carbonyl (C=O) groups excluding carboxylic acids is 1. The number of hydrogen-bond acceptors (Lipinski definition) is 2. The van der Waals surface area contributed by atoms with E-state index in [0.717, 1.165) is 5.57 Å². The van der Waals surface area contributed by atoms with Gasteiger partial charge in [0.15, 0.2) is 0 Å². The van der Waals surface area contributed by atoms with Crippen LogP contribution in [0.25, 0.3) is 0 Å². The summed E-state index contributed by atoms with van der Waals surface area (Å²) in [6.07, 6.45) is 15.6. The fraction of sp³-hybridized carbons (Fsp3) is 0.500. The predicted molar refractivity (Wildman–Crippen MR) is 103 cm³/mol. The summed E-state index contributed by atoms with van der Waals surface area (Å²) < 4.78 is 4.87. The van der Waals surface area contributed by atoms with Crippen LogP contribution in [0.5, 0.6) is 0 Å². The average molecular weight is 328 g/mol. The molecule has 0 saturated heterocycles. The zero-order chi connectivity index (χ0) is 18.2. The fourth-order valence-corrected chi connectivity index (χ4v) is 2.99. The van der Waals surface area contributed by atoms with Crippen molar-refractivity contribution in [2.45, 2.75) is 60.8 Å². The van der Waals surface area contributed by atoms with E-state index in [1.54, 1.807) is 13.0 Å². The highest BCUT2D eigenvalue weighted by atomic mass is 16.5. The molecule has 0 aromatic heterocycles. The predicted octanol–water partition coefficient (Wildman–Crippen LogP) is 6.08. The summed E-state index contributed by atoms with van der Waals surface area (Å²) in [5.41, 5.74) is 5.47. The lowest BCUT2D eigenvalue weighted by Crippen LogP contribution is -2.19. The van der Waals surface area contributed by atoms with Crippen LogP contribution in [0.3, 0.4) is 0 Å². The summed E-state index contributed by atoms with van der Waals surface area (Å²) in [7, 11) is 0. The van der Waals surface area contributed by atoms with Gasteiger partial charge in [-0.05, 0) is 57.9 Å². The summed E-state index contributed by atoms with van der Waals surface area (Å²) >= 11 is 0. The van der Waals surface area contributed by atoms with Gasteiger partial charge in [0.25, 0.3) is 0 Å². The van der Waals surface area contributed by atoms with Crippen molar-refractivity contribution in [3.05, 3.63) is 58.7 Å². The van der Waals surface area contributed by atoms with Gasteiger partial charge < -0.3 is 4.74 Å². The first-order chi connectivity index (χ1) is 11.3. The molecular weight excluding hydrogens is 296 g/mol. The van der Waals surface area contributed by atoms with E-state index in [1.165, 1.54) is 42.1 Å². The highest BCUT2D eigenvalue weighted by Crippen LogP contribution is 2.40. The summed E-state index contributed by atoms with van der Waals surface area (Å²) in [5.74, 6) is -0.298. The Hall–Kier alpha value is -1.83. The lowest BCUT2D eigenvalue weighted by atomic mass is 9.72. The van der Waals surface area contributed by atoms with Gasteiger partial charge in [0.1, 0.15) is 0 Å². The standard InChI is InChI=1S/C22H32O2/c1-7-24-21(23)15-13-18(3)11-10-17(2)12-14-20-19(4)9-8-16-22(20,5)6/h10-15H,7-9,16H2,1-6H3/b14-12+,15-13+,17-10+,18-11+. The molecule has 0 N–H and O–H groups in total. The molecule has 1 aliphatic rings. The van der Waals surface area contributed by atoms with Crippen molar-refractivity contribution in [1.82, 2.24) is 0 Å². The lowest BCUT2D eigenvalue weighted by Gasteiger charge is -2.32. The first kappa shape index (κ1) is 20.2. The Morgan fingerprint density at radius 2 is 1.75 bits per heavy atom. The third kappa shape index (κ3) is 6.74. The first-order valence-corrected chi connectivity index (χ1v) is 8.84. The van der Waals surface area contributed by atoms with E-state index in [1.807, 2.05) is 13.0 Å². The molecule has 0 aromatic carbocycles. The highest BCUT2D eigenvalue weighted by molar-refractivity contribution is 5.82. The van der Waals surface area contributed by atoms with Crippen LogP contribution in [0.2, 0.25) is 0 Å². The van der Waals surface area contributed by atoms with Gasteiger partial charge in [0.2, 0.25) is 0 Å². The second-order valence-corrected chi connectivity index (χ2v) is 7.17. The van der Waals surface area contributed by atoms with Crippen LogP contribution in [0.4, 0.5) is 0 Å². The third-order valence-corrected chi connectivity index (χ3v) is 4.43. The SMILES string of the molecule is CCOC(=O)/C=C/C(C)=C/C=C(C)/C=C/C1=C(C)CCCC1(C)C. The lowest BCUT2D eigenvalue weighted by molar-refractivity contribution is -0.137. The zero-order valence-corrected chi connectivity index (χ0v) is 16.1. The molecule has 0 heterocycles. The van der Waals surface area contributed by atoms with Gasteiger partial charge >= 0.3 is 5.97 Å². The van der Waals surface area contributed by atoms with Crippen LogP contribution in [-0.4, -0.2) is 12.6 Å². The molecule has 0 spiro atoms. The second-order valence-electron chi connectivity index (χ2n) is 7.17. The maximum Gasteiger partial charge on any atom is 0.330 e. The Bertz CT molecular complexity index is 595. The molecule has 0 amide bonds. The number of esters is 1. The first-order valence-electron chi connectivity index (χ1n) is 8.84. The van der Waals surface area contributed by atoms with Gasteiger partial charge in [0.05, 0.1) is 6.61 Å². The number of allylic oxidation sites excluding steroid dienone is 9. The van der Waals surface area contributed by atoms with Crippen molar-refractivity contribution >= 4 is 5.97 Å². The molecule has 0 atom stereocenters. The molecule has 0 unspecified atom stereocenters. The van der Waals surface area contributed by atoms with Crippen molar-refractivity contribution in [3.63, 3.8) is 0 Å². The molecule has 132 valence electrons. The normalized spacial score (nSPS) is 19.4. The summed E-state index contributed by atoms with van der Waals surface area (Å²) in [5, 5.41) is 0. The Morgan fingerprint density at radius 1 is 1.12 bits per heavy atom. The Morgan fingerprint density at radius 3 is 2.33 bits per heavy atom. The topological polar surface area (TPSA) is 26.3 Å². The van der Waals surface area contributed by atoms with Crippen LogP contribution < -0.4 is 0 Å². The van der Waals surface area contributed by atoms with Gasteiger partial charge in [0, 0.05) is 6.08 Å². The summed E-state index contributed by atoms with van der Waals surface area (Å²) in [6, 6.07) is 0. The minimum atomic E-state index is -0.298. The van der Waals surface area contributed by atoms with E-state index in [9.17, 15) is 4.79 Å². The highest BCUT2D eigenvalue weighted by Gasteiger charge is 2.26. The van der Waals surface area contributed by atoms with E-state index < -0.39 is 0 Å². The average Bonchev–Trinajstić information content (AvgIpc) is 2.50. The number of ether oxygens (including phenoxy) is 1. The number of rotatable bonds is 6. The fourth-order valence-electron chi connectivity index (χ4n) is 2.99. The molecule has 0 saturated carbocycles. The molecule has 0 radical (unpaired) electrons. The Kier molecular flexibility index (Phi) is 7.97. The van der Waals surface area contributed by atoms with Crippen LogP contribution in [0.15, 0.2) is 58.7 Å². The number of hydrogen-bond donors (Lipinski definition) is 0. The zero-order valence-electron chi connectivity index (χ0n) is 16.1. The quantitative estimate of drug-likeness (QED) is 0.335. The largest absolute Gasteiger partial charge is 0.463 e. The van der Waals surface area contributed by atoms with Crippen LogP contribution >= 0.6 is 0 Å². The van der Waals surface area contributed by atoms with Crippen molar-refractivity contribution in [2.75, 3.05) is 6.61 Å². The Balaban J connectivity index is 2.76. The van der Waals surface area contributed by atoms with Gasteiger partial charge in [-0.2, -0.15) is 0 Å². The molecule has 24 heavy (non-hydrogen) atoms. The van der Waals surface area contributed by atoms with Gasteiger partial charge in [-0.3, -0.25) is 0 Å². The van der Waals surface area contributed by atoms with Crippen molar-refractivity contribution in [2.24, 2.45) is 5.41 Å². The van der Waals surface area contributed by atoms with E-state index >= 15 is 0 Å². The van der Waals surface area contributed by atoms with Gasteiger partial charge in [-0.15, -0.1) is 0 Å². The smallest absolute Gasteiger partial charge is 0.330 e. The van der Waals surface area contributed by atoms with Crippen LogP contribution in [-0.2, 0) is 9.53 Å². The summed E-state index contributed by atoms with van der Waals surface area (Å²) in [6.45, 7) is 13.2. The molecule has 1 aliphatic carbocycles. The molecular formula is C22H32O2. The molecule has 1 rings (SSSR count).